The zero-order valence-corrected chi connectivity index (χ0v) is 12.5. The van der Waals surface area contributed by atoms with Crippen LogP contribution in [0.1, 0.15) is 25.3 Å². The standard InChI is InChI=1S/C15H19NO3S/c1-12(14-8-9-14)16(2)20(18,19)15-7-3-5-13(11-15)6-4-10-17/h3,5,7,11-12,14,17H,8-10H2,1-2H3. The van der Waals surface area contributed by atoms with E-state index < -0.39 is 10.0 Å². The van der Waals surface area contributed by atoms with Crippen LogP contribution in [0.4, 0.5) is 0 Å². The molecule has 0 heterocycles. The molecule has 5 heteroatoms. The lowest BCUT2D eigenvalue weighted by molar-refractivity contribution is 0.350. The van der Waals surface area contributed by atoms with Crippen molar-refractivity contribution in [3.8, 4) is 11.8 Å². The fourth-order valence-corrected chi connectivity index (χ4v) is 3.61. The molecule has 1 N–H and O–H groups in total. The molecule has 1 unspecified atom stereocenters. The van der Waals surface area contributed by atoms with Crippen LogP contribution in [-0.4, -0.2) is 37.5 Å². The summed E-state index contributed by atoms with van der Waals surface area (Å²) >= 11 is 0. The number of sulfonamides is 1. The van der Waals surface area contributed by atoms with Gasteiger partial charge in [0.05, 0.1) is 4.90 Å². The maximum absolute atomic E-state index is 12.6. The average Bonchev–Trinajstić information content (AvgIpc) is 3.28. The van der Waals surface area contributed by atoms with Gasteiger partial charge in [0.2, 0.25) is 10.0 Å². The Balaban J connectivity index is 2.28. The minimum absolute atomic E-state index is 0.0205. The summed E-state index contributed by atoms with van der Waals surface area (Å²) in [6.07, 6.45) is 2.20. The number of rotatable bonds is 4. The predicted molar refractivity (Wildman–Crippen MR) is 77.5 cm³/mol. The topological polar surface area (TPSA) is 57.6 Å². The molecule has 2 rings (SSSR count). The molecule has 1 atom stereocenters. The zero-order chi connectivity index (χ0) is 14.8. The van der Waals surface area contributed by atoms with Crippen molar-refractivity contribution >= 4 is 10.0 Å². The summed E-state index contributed by atoms with van der Waals surface area (Å²) in [5.74, 6) is 5.73. The summed E-state index contributed by atoms with van der Waals surface area (Å²) in [5.41, 5.74) is 0.590. The van der Waals surface area contributed by atoms with Crippen molar-refractivity contribution in [2.75, 3.05) is 13.7 Å². The molecule has 0 radical (unpaired) electrons. The molecule has 0 aliphatic heterocycles. The van der Waals surface area contributed by atoms with Crippen molar-refractivity contribution in [1.29, 1.82) is 0 Å². The number of aliphatic hydroxyl groups excluding tert-OH is 1. The highest BCUT2D eigenvalue weighted by Gasteiger charge is 2.35. The van der Waals surface area contributed by atoms with Crippen molar-refractivity contribution < 1.29 is 13.5 Å². The highest BCUT2D eigenvalue weighted by atomic mass is 32.2. The Morgan fingerprint density at radius 3 is 2.75 bits per heavy atom. The van der Waals surface area contributed by atoms with Crippen LogP contribution in [0.2, 0.25) is 0 Å². The normalized spacial score (nSPS) is 16.6. The van der Waals surface area contributed by atoms with Crippen LogP contribution in [0, 0.1) is 17.8 Å². The second-order valence-corrected chi connectivity index (χ2v) is 7.08. The van der Waals surface area contributed by atoms with E-state index in [1.165, 1.54) is 4.31 Å². The van der Waals surface area contributed by atoms with Crippen LogP contribution < -0.4 is 0 Å². The first-order valence-electron chi connectivity index (χ1n) is 6.64. The summed E-state index contributed by atoms with van der Waals surface area (Å²) in [6.45, 7) is 1.71. The molecular formula is C15H19NO3S. The highest BCUT2D eigenvalue weighted by molar-refractivity contribution is 7.89. The Labute approximate surface area is 120 Å². The minimum atomic E-state index is -3.49. The molecule has 1 saturated carbocycles. The molecule has 20 heavy (non-hydrogen) atoms. The largest absolute Gasteiger partial charge is 0.384 e. The average molecular weight is 293 g/mol. The van der Waals surface area contributed by atoms with Gasteiger partial charge in [-0.15, -0.1) is 0 Å². The third-order valence-corrected chi connectivity index (χ3v) is 5.64. The van der Waals surface area contributed by atoms with E-state index in [0.29, 0.717) is 11.5 Å². The van der Waals surface area contributed by atoms with Crippen LogP contribution >= 0.6 is 0 Å². The summed E-state index contributed by atoms with van der Waals surface area (Å²) in [5, 5.41) is 8.69. The van der Waals surface area contributed by atoms with Gasteiger partial charge in [0.15, 0.2) is 0 Å². The number of hydrogen-bond acceptors (Lipinski definition) is 3. The van der Waals surface area contributed by atoms with Gasteiger partial charge in [0.25, 0.3) is 0 Å². The molecule has 0 spiro atoms. The summed E-state index contributed by atoms with van der Waals surface area (Å²) in [7, 11) is -1.86. The third-order valence-electron chi connectivity index (χ3n) is 3.70. The van der Waals surface area contributed by atoms with Gasteiger partial charge in [0.1, 0.15) is 6.61 Å². The van der Waals surface area contributed by atoms with Gasteiger partial charge in [-0.1, -0.05) is 17.9 Å². The van der Waals surface area contributed by atoms with E-state index in [1.807, 2.05) is 6.92 Å². The monoisotopic (exact) mass is 293 g/mol. The molecule has 0 saturated heterocycles. The maximum Gasteiger partial charge on any atom is 0.243 e. The fraction of sp³-hybridized carbons (Fsp3) is 0.467. The SMILES string of the molecule is CC(C1CC1)N(C)S(=O)(=O)c1cccc(C#CCO)c1. The molecule has 1 fully saturated rings. The molecule has 0 aromatic heterocycles. The Bertz CT molecular complexity index is 639. The van der Waals surface area contributed by atoms with Gasteiger partial charge in [-0.2, -0.15) is 4.31 Å². The Morgan fingerprint density at radius 2 is 2.15 bits per heavy atom. The van der Waals surface area contributed by atoms with E-state index in [1.54, 1.807) is 31.3 Å². The van der Waals surface area contributed by atoms with Gasteiger partial charge < -0.3 is 5.11 Å². The minimum Gasteiger partial charge on any atom is -0.384 e. The third kappa shape index (κ3) is 3.21. The molecule has 0 bridgehead atoms. The Kier molecular flexibility index (Phi) is 4.48. The van der Waals surface area contributed by atoms with Crippen molar-refractivity contribution in [3.05, 3.63) is 29.8 Å². The molecule has 1 aliphatic carbocycles. The second kappa shape index (κ2) is 5.96. The number of hydrogen-bond donors (Lipinski definition) is 1. The van der Waals surface area contributed by atoms with Crippen molar-refractivity contribution in [2.24, 2.45) is 5.92 Å². The van der Waals surface area contributed by atoms with E-state index in [4.69, 9.17) is 5.11 Å². The highest BCUT2D eigenvalue weighted by Crippen LogP contribution is 2.36. The van der Waals surface area contributed by atoms with Crippen LogP contribution in [0.5, 0.6) is 0 Å². The molecule has 1 aromatic carbocycles. The molecule has 108 valence electrons. The van der Waals surface area contributed by atoms with Crippen LogP contribution in [0.15, 0.2) is 29.2 Å². The van der Waals surface area contributed by atoms with Gasteiger partial charge >= 0.3 is 0 Å². The molecule has 1 aromatic rings. The Morgan fingerprint density at radius 1 is 1.45 bits per heavy atom. The van der Waals surface area contributed by atoms with E-state index >= 15 is 0 Å². The molecule has 1 aliphatic rings. The van der Waals surface area contributed by atoms with Crippen LogP contribution in [-0.2, 0) is 10.0 Å². The molecular weight excluding hydrogens is 274 g/mol. The summed E-state index contributed by atoms with van der Waals surface area (Å²) in [6, 6.07) is 6.55. The zero-order valence-electron chi connectivity index (χ0n) is 11.7. The fourth-order valence-electron chi connectivity index (χ4n) is 2.14. The van der Waals surface area contributed by atoms with Gasteiger partial charge in [-0.05, 0) is 43.9 Å². The summed E-state index contributed by atoms with van der Waals surface area (Å²) in [4.78, 5) is 0.247. The lowest BCUT2D eigenvalue weighted by Gasteiger charge is -2.24. The lowest BCUT2D eigenvalue weighted by atomic mass is 10.2. The first-order valence-corrected chi connectivity index (χ1v) is 8.08. The molecule has 0 amide bonds. The van der Waals surface area contributed by atoms with Crippen molar-refractivity contribution in [2.45, 2.75) is 30.7 Å². The van der Waals surface area contributed by atoms with Crippen LogP contribution in [0.3, 0.4) is 0 Å². The van der Waals surface area contributed by atoms with Gasteiger partial charge in [-0.3, -0.25) is 0 Å². The van der Waals surface area contributed by atoms with Gasteiger partial charge in [-0.25, -0.2) is 8.42 Å². The molecule has 4 nitrogen and oxygen atoms in total. The van der Waals surface area contributed by atoms with Crippen LogP contribution in [0.25, 0.3) is 0 Å². The smallest absolute Gasteiger partial charge is 0.243 e. The van der Waals surface area contributed by atoms with Crippen molar-refractivity contribution in [3.63, 3.8) is 0 Å². The van der Waals surface area contributed by atoms with Crippen molar-refractivity contribution in [1.82, 2.24) is 4.31 Å². The first kappa shape index (κ1) is 15.0. The Hall–Kier alpha value is -1.35. The van der Waals surface area contributed by atoms with Gasteiger partial charge in [0, 0.05) is 18.7 Å². The predicted octanol–water partition coefficient (Wildman–Crippen LogP) is 1.45. The number of benzene rings is 1. The quantitative estimate of drug-likeness (QED) is 0.855. The van der Waals surface area contributed by atoms with E-state index in [0.717, 1.165) is 12.8 Å². The maximum atomic E-state index is 12.6. The number of nitrogens with zero attached hydrogens (tertiary/aromatic N) is 1. The summed E-state index contributed by atoms with van der Waals surface area (Å²) < 4.78 is 26.6. The van der Waals surface area contributed by atoms with E-state index in [2.05, 4.69) is 11.8 Å². The lowest BCUT2D eigenvalue weighted by Crippen LogP contribution is -2.36. The number of aliphatic hydroxyl groups is 1. The first-order chi connectivity index (χ1) is 9.46. The van der Waals surface area contributed by atoms with E-state index in [9.17, 15) is 8.42 Å². The van der Waals surface area contributed by atoms with E-state index in [-0.39, 0.29) is 17.5 Å². The second-order valence-electron chi connectivity index (χ2n) is 5.09.